The van der Waals surface area contributed by atoms with Crippen molar-refractivity contribution in [3.05, 3.63) is 76.0 Å². The molecule has 1 unspecified atom stereocenters. The summed E-state index contributed by atoms with van der Waals surface area (Å²) in [5.41, 5.74) is 3.66. The monoisotopic (exact) mass is 508 g/mol. The van der Waals surface area contributed by atoms with Crippen molar-refractivity contribution in [3.8, 4) is 5.75 Å². The van der Waals surface area contributed by atoms with Crippen LogP contribution in [0.1, 0.15) is 57.2 Å². The predicted octanol–water partition coefficient (Wildman–Crippen LogP) is 6.67. The molecule has 35 heavy (non-hydrogen) atoms. The maximum absolute atomic E-state index is 13.4. The van der Waals surface area contributed by atoms with Crippen LogP contribution in [0.4, 0.5) is 5.95 Å². The van der Waals surface area contributed by atoms with E-state index in [0.717, 1.165) is 46.0 Å². The minimum atomic E-state index is -0.327. The van der Waals surface area contributed by atoms with E-state index in [-0.39, 0.29) is 17.2 Å². The summed E-state index contributed by atoms with van der Waals surface area (Å²) in [6, 6.07) is 15.5. The van der Waals surface area contributed by atoms with E-state index in [9.17, 15) is 4.79 Å². The number of fused-ring (bicyclic) bond motifs is 1. The molecular formula is C27H29ClN4O2S. The highest BCUT2D eigenvalue weighted by atomic mass is 35.5. The summed E-state index contributed by atoms with van der Waals surface area (Å²) in [7, 11) is 0. The van der Waals surface area contributed by atoms with Crippen LogP contribution in [-0.4, -0.2) is 27.2 Å². The Labute approximate surface area is 215 Å². The van der Waals surface area contributed by atoms with Crippen molar-refractivity contribution in [3.63, 3.8) is 0 Å². The van der Waals surface area contributed by atoms with Crippen LogP contribution in [0.3, 0.4) is 0 Å². The van der Waals surface area contributed by atoms with Gasteiger partial charge in [-0.3, -0.25) is 4.79 Å². The van der Waals surface area contributed by atoms with E-state index in [4.69, 9.17) is 26.4 Å². The van der Waals surface area contributed by atoms with Crippen molar-refractivity contribution in [1.29, 1.82) is 0 Å². The number of benzene rings is 2. The number of nitrogens with one attached hydrogen (secondary N) is 1. The molecule has 0 spiro atoms. The van der Waals surface area contributed by atoms with Crippen molar-refractivity contribution in [2.45, 2.75) is 57.0 Å². The SMILES string of the molecule is CCCOc1ccc(C2C3=C(CC(C)(C)CC3=O)Nc3nc(SCc4ccccc4Cl)nn32)cc1. The number of hydrogen-bond acceptors (Lipinski definition) is 6. The Morgan fingerprint density at radius 3 is 2.69 bits per heavy atom. The molecule has 0 fully saturated rings. The largest absolute Gasteiger partial charge is 0.494 e. The van der Waals surface area contributed by atoms with Crippen LogP contribution in [0.25, 0.3) is 0 Å². The van der Waals surface area contributed by atoms with Gasteiger partial charge in [0, 0.05) is 28.5 Å². The molecular weight excluding hydrogens is 480 g/mol. The number of ketones is 1. The molecule has 8 heteroatoms. The van der Waals surface area contributed by atoms with Gasteiger partial charge in [0.15, 0.2) is 5.78 Å². The maximum atomic E-state index is 13.4. The fourth-order valence-electron chi connectivity index (χ4n) is 4.68. The van der Waals surface area contributed by atoms with Crippen molar-refractivity contribution in [2.24, 2.45) is 5.41 Å². The van der Waals surface area contributed by atoms with E-state index in [1.54, 1.807) is 0 Å². The molecule has 2 heterocycles. The number of halogens is 1. The van der Waals surface area contributed by atoms with Crippen LogP contribution in [0.2, 0.25) is 5.02 Å². The van der Waals surface area contributed by atoms with E-state index in [1.165, 1.54) is 11.8 Å². The molecule has 5 rings (SSSR count). The van der Waals surface area contributed by atoms with E-state index >= 15 is 0 Å². The molecule has 1 aromatic heterocycles. The first-order valence-corrected chi connectivity index (χ1v) is 13.3. The van der Waals surface area contributed by atoms with Crippen molar-refractivity contribution < 1.29 is 9.53 Å². The molecule has 1 aliphatic carbocycles. The molecule has 182 valence electrons. The highest BCUT2D eigenvalue weighted by molar-refractivity contribution is 7.98. The van der Waals surface area contributed by atoms with Crippen LogP contribution in [0.5, 0.6) is 5.75 Å². The lowest BCUT2D eigenvalue weighted by Crippen LogP contribution is -2.36. The second-order valence-corrected chi connectivity index (χ2v) is 11.2. The Kier molecular flexibility index (Phi) is 6.64. The predicted molar refractivity (Wildman–Crippen MR) is 140 cm³/mol. The quantitative estimate of drug-likeness (QED) is 0.359. The maximum Gasteiger partial charge on any atom is 0.227 e. The Morgan fingerprint density at radius 2 is 1.94 bits per heavy atom. The van der Waals surface area contributed by atoms with Crippen molar-refractivity contribution in [2.75, 3.05) is 11.9 Å². The van der Waals surface area contributed by atoms with Gasteiger partial charge in [0.05, 0.1) is 6.61 Å². The van der Waals surface area contributed by atoms with Gasteiger partial charge in [0.25, 0.3) is 0 Å². The Hall–Kier alpha value is -2.77. The average molecular weight is 509 g/mol. The van der Waals surface area contributed by atoms with E-state index < -0.39 is 0 Å². The third-order valence-corrected chi connectivity index (χ3v) is 7.55. The van der Waals surface area contributed by atoms with Gasteiger partial charge in [-0.05, 0) is 47.6 Å². The molecule has 6 nitrogen and oxygen atoms in total. The van der Waals surface area contributed by atoms with E-state index in [0.29, 0.717) is 29.9 Å². The van der Waals surface area contributed by atoms with Gasteiger partial charge in [-0.15, -0.1) is 5.10 Å². The van der Waals surface area contributed by atoms with E-state index in [2.05, 4.69) is 26.1 Å². The molecule has 1 N–H and O–H groups in total. The molecule has 0 bridgehead atoms. The third-order valence-electron chi connectivity index (χ3n) is 6.30. The number of Topliss-reactive ketones (excluding diaryl/α,β-unsaturated/α-hetero) is 1. The van der Waals surface area contributed by atoms with Crippen LogP contribution in [0, 0.1) is 5.41 Å². The molecule has 1 atom stereocenters. The van der Waals surface area contributed by atoms with Gasteiger partial charge >= 0.3 is 0 Å². The summed E-state index contributed by atoms with van der Waals surface area (Å²) in [4.78, 5) is 18.2. The zero-order valence-corrected chi connectivity index (χ0v) is 21.7. The fourth-order valence-corrected chi connectivity index (χ4v) is 5.80. The first-order valence-electron chi connectivity index (χ1n) is 11.9. The topological polar surface area (TPSA) is 69.0 Å². The van der Waals surface area contributed by atoms with Gasteiger partial charge < -0.3 is 10.1 Å². The second-order valence-electron chi connectivity index (χ2n) is 9.82. The molecule has 1 aliphatic heterocycles. The smallest absolute Gasteiger partial charge is 0.227 e. The average Bonchev–Trinajstić information content (AvgIpc) is 3.23. The number of aromatic nitrogens is 3. The molecule has 3 aromatic rings. The summed E-state index contributed by atoms with van der Waals surface area (Å²) < 4.78 is 7.62. The minimum Gasteiger partial charge on any atom is -0.494 e. The first-order chi connectivity index (χ1) is 16.8. The third kappa shape index (κ3) is 4.98. The van der Waals surface area contributed by atoms with Crippen LogP contribution in [0.15, 0.2) is 65.0 Å². The van der Waals surface area contributed by atoms with Gasteiger partial charge in [-0.2, -0.15) is 4.98 Å². The Morgan fingerprint density at radius 1 is 1.17 bits per heavy atom. The Balaban J connectivity index is 1.50. The van der Waals surface area contributed by atoms with Crippen LogP contribution in [-0.2, 0) is 10.5 Å². The molecule has 0 saturated carbocycles. The van der Waals surface area contributed by atoms with Gasteiger partial charge in [-0.1, -0.05) is 74.5 Å². The Bertz CT molecular complexity index is 1280. The number of thioether (sulfide) groups is 1. The normalized spacial score (nSPS) is 18.6. The van der Waals surface area contributed by atoms with Crippen LogP contribution >= 0.6 is 23.4 Å². The first kappa shape index (κ1) is 23.9. The molecule has 0 saturated heterocycles. The summed E-state index contributed by atoms with van der Waals surface area (Å²) in [5.74, 6) is 2.31. The van der Waals surface area contributed by atoms with Crippen molar-refractivity contribution in [1.82, 2.24) is 14.8 Å². The number of ether oxygens (including phenoxy) is 1. The van der Waals surface area contributed by atoms with Gasteiger partial charge in [0.1, 0.15) is 11.8 Å². The lowest BCUT2D eigenvalue weighted by molar-refractivity contribution is -0.118. The lowest BCUT2D eigenvalue weighted by atomic mass is 9.73. The van der Waals surface area contributed by atoms with E-state index in [1.807, 2.05) is 53.2 Å². The number of hydrogen-bond donors (Lipinski definition) is 1. The summed E-state index contributed by atoms with van der Waals surface area (Å²) in [6.45, 7) is 7.03. The highest BCUT2D eigenvalue weighted by Crippen LogP contribution is 2.46. The number of rotatable bonds is 7. The summed E-state index contributed by atoms with van der Waals surface area (Å²) in [5, 5.41) is 9.65. The highest BCUT2D eigenvalue weighted by Gasteiger charge is 2.41. The van der Waals surface area contributed by atoms with Gasteiger partial charge in [0.2, 0.25) is 11.1 Å². The molecule has 0 amide bonds. The summed E-state index contributed by atoms with van der Waals surface area (Å²) in [6.07, 6.45) is 2.25. The number of nitrogens with zero attached hydrogens (tertiary/aromatic N) is 3. The number of carbonyl (C=O) groups excluding carboxylic acids is 1. The minimum absolute atomic E-state index is 0.102. The van der Waals surface area contributed by atoms with Crippen LogP contribution < -0.4 is 10.1 Å². The van der Waals surface area contributed by atoms with Crippen molar-refractivity contribution >= 4 is 35.1 Å². The zero-order valence-electron chi connectivity index (χ0n) is 20.2. The number of anilines is 1. The molecule has 2 aliphatic rings. The number of carbonyl (C=O) groups is 1. The zero-order chi connectivity index (χ0) is 24.6. The summed E-state index contributed by atoms with van der Waals surface area (Å²) >= 11 is 7.87. The van der Waals surface area contributed by atoms with Gasteiger partial charge in [-0.25, -0.2) is 4.68 Å². The number of allylic oxidation sites excluding steroid dienone is 2. The molecule has 2 aromatic carbocycles. The standard InChI is InChI=1S/C27H29ClN4O2S/c1-4-13-34-19-11-9-17(10-12-19)24-23-21(14-27(2,3)15-22(23)33)29-25-30-26(31-32(24)25)35-16-18-7-5-6-8-20(18)28/h5-12,24H,4,13-16H2,1-3H3,(H,29,30,31). The molecule has 0 radical (unpaired) electrons. The fraction of sp³-hybridized carbons (Fsp3) is 0.370. The lowest BCUT2D eigenvalue weighted by Gasteiger charge is -2.38. The second kappa shape index (κ2) is 9.70.